The lowest BCUT2D eigenvalue weighted by molar-refractivity contribution is -0.0886. The molecule has 0 saturated carbocycles. The smallest absolute Gasteiger partial charge is 0.299 e. The maximum Gasteiger partial charge on any atom is 0.456 e. The van der Waals surface area contributed by atoms with Gasteiger partial charge in [-0.3, -0.25) is 9.20 Å². The number of pyridine rings is 1. The molecule has 0 fully saturated rings. The molecule has 2 aromatic carbocycles. The van der Waals surface area contributed by atoms with Gasteiger partial charge in [0, 0.05) is 11.8 Å². The first-order chi connectivity index (χ1) is 12.0. The lowest BCUT2D eigenvalue weighted by Crippen LogP contribution is -2.23. The van der Waals surface area contributed by atoms with E-state index in [2.05, 4.69) is 4.98 Å². The zero-order valence-electron chi connectivity index (χ0n) is 12.8. The van der Waals surface area contributed by atoms with Crippen molar-refractivity contribution in [3.05, 3.63) is 72.6 Å². The van der Waals surface area contributed by atoms with Gasteiger partial charge in [-0.25, -0.2) is 4.98 Å². The third-order valence-corrected chi connectivity index (χ3v) is 4.05. The van der Waals surface area contributed by atoms with Crippen LogP contribution >= 0.6 is 0 Å². The van der Waals surface area contributed by atoms with Gasteiger partial charge in [0.15, 0.2) is 0 Å². The quantitative estimate of drug-likeness (QED) is 0.487. The van der Waals surface area contributed by atoms with E-state index < -0.39 is 17.7 Å². The summed E-state index contributed by atoms with van der Waals surface area (Å²) in [6.45, 7) is 0. The zero-order chi connectivity index (χ0) is 17.6. The monoisotopic (exact) mass is 340 g/mol. The van der Waals surface area contributed by atoms with Crippen LogP contribution in [0, 0.1) is 0 Å². The average Bonchev–Trinajstić information content (AvgIpc) is 2.99. The summed E-state index contributed by atoms with van der Waals surface area (Å²) >= 11 is 0. The highest BCUT2D eigenvalue weighted by Gasteiger charge is 2.42. The Morgan fingerprint density at radius 2 is 1.64 bits per heavy atom. The van der Waals surface area contributed by atoms with E-state index in [1.807, 2.05) is 36.4 Å². The van der Waals surface area contributed by atoms with Crippen LogP contribution in [0.2, 0.25) is 0 Å². The van der Waals surface area contributed by atoms with Crippen LogP contribution in [0.4, 0.5) is 13.2 Å². The highest BCUT2D eigenvalue weighted by Crippen LogP contribution is 2.31. The normalized spacial score (nSPS) is 12.0. The molecule has 0 aliphatic rings. The largest absolute Gasteiger partial charge is 0.456 e. The van der Waals surface area contributed by atoms with Gasteiger partial charge in [0.25, 0.3) is 5.78 Å². The van der Waals surface area contributed by atoms with Crippen molar-refractivity contribution in [3.8, 4) is 11.4 Å². The maximum atomic E-state index is 12.9. The van der Waals surface area contributed by atoms with Gasteiger partial charge in [0.05, 0.1) is 5.52 Å². The maximum absolute atomic E-state index is 12.9. The Bertz CT molecular complexity index is 1110. The van der Waals surface area contributed by atoms with Crippen molar-refractivity contribution in [1.29, 1.82) is 0 Å². The molecular weight excluding hydrogens is 329 g/mol. The Kier molecular flexibility index (Phi) is 3.35. The Balaban J connectivity index is 2.05. The standard InChI is InChI=1S/C19H11F3N2O/c20-19(21,22)17(25)16-15-10-3-4-11-24(15)18(23-16)14-9-5-7-12-6-1-2-8-13(12)14/h1-11H. The minimum atomic E-state index is -4.97. The summed E-state index contributed by atoms with van der Waals surface area (Å²) in [5.41, 5.74) is 0.212. The molecule has 0 amide bonds. The van der Waals surface area contributed by atoms with Crippen molar-refractivity contribution < 1.29 is 18.0 Å². The molecule has 2 heterocycles. The van der Waals surface area contributed by atoms with Gasteiger partial charge < -0.3 is 0 Å². The van der Waals surface area contributed by atoms with Crippen molar-refractivity contribution in [3.63, 3.8) is 0 Å². The number of halogens is 3. The molecule has 0 N–H and O–H groups in total. The third-order valence-electron chi connectivity index (χ3n) is 4.05. The van der Waals surface area contributed by atoms with Gasteiger partial charge in [-0.05, 0) is 22.9 Å². The van der Waals surface area contributed by atoms with Crippen LogP contribution < -0.4 is 0 Å². The fourth-order valence-electron chi connectivity index (χ4n) is 2.95. The van der Waals surface area contributed by atoms with Crippen LogP contribution in [0.3, 0.4) is 0 Å². The van der Waals surface area contributed by atoms with Crippen LogP contribution in [0.5, 0.6) is 0 Å². The second-order valence-electron chi connectivity index (χ2n) is 5.59. The van der Waals surface area contributed by atoms with Crippen molar-refractivity contribution in [2.45, 2.75) is 6.18 Å². The number of ketones is 1. The Morgan fingerprint density at radius 3 is 2.44 bits per heavy atom. The first kappa shape index (κ1) is 15.4. The van der Waals surface area contributed by atoms with Crippen molar-refractivity contribution in [2.75, 3.05) is 0 Å². The van der Waals surface area contributed by atoms with E-state index in [-0.39, 0.29) is 5.52 Å². The Labute approximate surface area is 140 Å². The molecule has 4 rings (SSSR count). The number of imidazole rings is 1. The zero-order valence-corrected chi connectivity index (χ0v) is 12.8. The molecular formula is C19H11F3N2O. The lowest BCUT2D eigenvalue weighted by atomic mass is 10.0. The molecule has 0 aliphatic carbocycles. The second-order valence-corrected chi connectivity index (χ2v) is 5.59. The topological polar surface area (TPSA) is 34.4 Å². The number of carbonyl (C=O) groups is 1. The van der Waals surface area contributed by atoms with Gasteiger partial charge >= 0.3 is 6.18 Å². The minimum absolute atomic E-state index is 0.132. The molecule has 3 nitrogen and oxygen atoms in total. The summed E-state index contributed by atoms with van der Waals surface area (Å²) in [4.78, 5) is 15.9. The van der Waals surface area contributed by atoms with E-state index in [1.54, 1.807) is 24.4 Å². The summed E-state index contributed by atoms with van der Waals surface area (Å²) in [6, 6.07) is 17.8. The van der Waals surface area contributed by atoms with Crippen LogP contribution in [0.1, 0.15) is 10.5 Å². The molecule has 0 aliphatic heterocycles. The van der Waals surface area contributed by atoms with E-state index in [1.165, 1.54) is 10.5 Å². The molecule has 0 saturated heterocycles. The molecule has 0 spiro atoms. The summed E-state index contributed by atoms with van der Waals surface area (Å²) in [5, 5.41) is 1.79. The van der Waals surface area contributed by atoms with Crippen molar-refractivity contribution in [2.24, 2.45) is 0 Å². The predicted octanol–water partition coefficient (Wildman–Crippen LogP) is 4.90. The number of hydrogen-bond donors (Lipinski definition) is 0. The fraction of sp³-hybridized carbons (Fsp3) is 0.0526. The van der Waals surface area contributed by atoms with E-state index in [0.29, 0.717) is 11.4 Å². The summed E-state index contributed by atoms with van der Waals surface area (Å²) in [7, 11) is 0. The highest BCUT2D eigenvalue weighted by atomic mass is 19.4. The van der Waals surface area contributed by atoms with E-state index >= 15 is 0 Å². The molecule has 25 heavy (non-hydrogen) atoms. The molecule has 2 aromatic heterocycles. The first-order valence-electron chi connectivity index (χ1n) is 7.53. The number of benzene rings is 2. The number of carbonyl (C=O) groups excluding carboxylic acids is 1. The second kappa shape index (κ2) is 5.44. The van der Waals surface area contributed by atoms with Crippen LogP contribution in [-0.2, 0) is 0 Å². The minimum Gasteiger partial charge on any atom is -0.299 e. The lowest BCUT2D eigenvalue weighted by Gasteiger charge is -2.05. The molecule has 124 valence electrons. The van der Waals surface area contributed by atoms with Gasteiger partial charge in [-0.1, -0.05) is 48.5 Å². The van der Waals surface area contributed by atoms with Gasteiger partial charge in [0.2, 0.25) is 0 Å². The van der Waals surface area contributed by atoms with Gasteiger partial charge in [-0.15, -0.1) is 0 Å². The summed E-state index contributed by atoms with van der Waals surface area (Å²) in [6.07, 6.45) is -3.37. The number of rotatable bonds is 2. The number of Topliss-reactive ketones (excluding diaryl/α,β-unsaturated/α-hetero) is 1. The molecule has 0 bridgehead atoms. The number of nitrogens with zero attached hydrogens (tertiary/aromatic N) is 2. The number of alkyl halides is 3. The van der Waals surface area contributed by atoms with E-state index in [0.717, 1.165) is 10.8 Å². The Hall–Kier alpha value is -3.15. The molecule has 6 heteroatoms. The van der Waals surface area contributed by atoms with Crippen LogP contribution in [0.15, 0.2) is 66.9 Å². The van der Waals surface area contributed by atoms with Crippen LogP contribution in [-0.4, -0.2) is 21.3 Å². The molecule has 0 radical (unpaired) electrons. The molecule has 0 atom stereocenters. The third kappa shape index (κ3) is 2.46. The van der Waals surface area contributed by atoms with Crippen molar-refractivity contribution >= 4 is 22.1 Å². The fourth-order valence-corrected chi connectivity index (χ4v) is 2.95. The summed E-state index contributed by atoms with van der Waals surface area (Å²) in [5.74, 6) is -1.64. The van der Waals surface area contributed by atoms with E-state index in [4.69, 9.17) is 0 Å². The van der Waals surface area contributed by atoms with Gasteiger partial charge in [-0.2, -0.15) is 13.2 Å². The number of aromatic nitrogens is 2. The number of hydrogen-bond acceptors (Lipinski definition) is 2. The average molecular weight is 340 g/mol. The Morgan fingerprint density at radius 1 is 0.920 bits per heavy atom. The molecule has 4 aromatic rings. The predicted molar refractivity (Wildman–Crippen MR) is 88.5 cm³/mol. The number of fused-ring (bicyclic) bond motifs is 2. The SMILES string of the molecule is O=C(c1nc(-c2cccc3ccccc23)n2ccccc12)C(F)(F)F. The first-order valence-corrected chi connectivity index (χ1v) is 7.53. The van der Waals surface area contributed by atoms with Crippen molar-refractivity contribution in [1.82, 2.24) is 9.38 Å². The van der Waals surface area contributed by atoms with E-state index in [9.17, 15) is 18.0 Å². The molecule has 0 unspecified atom stereocenters. The highest BCUT2D eigenvalue weighted by molar-refractivity contribution is 6.05. The van der Waals surface area contributed by atoms with Gasteiger partial charge in [0.1, 0.15) is 11.5 Å². The van der Waals surface area contributed by atoms with Crippen LogP contribution in [0.25, 0.3) is 27.7 Å². The summed E-state index contributed by atoms with van der Waals surface area (Å²) < 4.78 is 40.3.